The van der Waals surface area contributed by atoms with E-state index in [4.69, 9.17) is 4.74 Å². The van der Waals surface area contributed by atoms with E-state index in [-0.39, 0.29) is 11.5 Å². The normalized spacial score (nSPS) is 26.6. The van der Waals surface area contributed by atoms with Crippen LogP contribution in [0.15, 0.2) is 24.7 Å². The van der Waals surface area contributed by atoms with Gasteiger partial charge in [-0.25, -0.2) is 9.97 Å². The first-order valence-electron chi connectivity index (χ1n) is 11.6. The third kappa shape index (κ3) is 4.15. The summed E-state index contributed by atoms with van der Waals surface area (Å²) in [5.74, 6) is 0.745. The highest BCUT2D eigenvalue weighted by Crippen LogP contribution is 2.46. The third-order valence-electron chi connectivity index (χ3n) is 7.24. The molecular formula is C24H32N4O2S. The van der Waals surface area contributed by atoms with Crippen LogP contribution in [0.2, 0.25) is 0 Å². The van der Waals surface area contributed by atoms with Gasteiger partial charge in [0.25, 0.3) is 0 Å². The van der Waals surface area contributed by atoms with Gasteiger partial charge in [0.05, 0.1) is 24.3 Å². The molecule has 2 fully saturated rings. The average molecular weight is 441 g/mol. The summed E-state index contributed by atoms with van der Waals surface area (Å²) < 4.78 is 6.48. The molecule has 2 saturated heterocycles. The molecule has 2 aromatic rings. The Hall–Kier alpha value is -1.83. The van der Waals surface area contributed by atoms with Gasteiger partial charge in [0, 0.05) is 60.5 Å². The molecule has 6 nitrogen and oxygen atoms in total. The SMILES string of the molecule is CCc1cc2c(s1)CCOC21CCN(CC2CN(C(=O)Cc3ccncn3)C2)[C@@H](C)C1. The number of aromatic nitrogens is 2. The number of amides is 1. The van der Waals surface area contributed by atoms with Crippen LogP contribution in [0.1, 0.15) is 47.7 Å². The van der Waals surface area contributed by atoms with Crippen LogP contribution in [0.3, 0.4) is 0 Å². The van der Waals surface area contributed by atoms with Crippen molar-refractivity contribution in [3.05, 3.63) is 45.7 Å². The Balaban J connectivity index is 1.14. The zero-order valence-corrected chi connectivity index (χ0v) is 19.4. The van der Waals surface area contributed by atoms with Gasteiger partial charge in [-0.15, -0.1) is 11.3 Å². The predicted molar refractivity (Wildman–Crippen MR) is 121 cm³/mol. The second-order valence-corrected chi connectivity index (χ2v) is 10.6. The maximum absolute atomic E-state index is 12.5. The summed E-state index contributed by atoms with van der Waals surface area (Å²) >= 11 is 1.99. The molecule has 5 rings (SSSR count). The highest BCUT2D eigenvalue weighted by molar-refractivity contribution is 7.12. The first kappa shape index (κ1) is 21.0. The van der Waals surface area contributed by atoms with Crippen LogP contribution in [0, 0.1) is 5.92 Å². The molecule has 0 aliphatic carbocycles. The van der Waals surface area contributed by atoms with Crippen molar-refractivity contribution in [2.24, 2.45) is 5.92 Å². The van der Waals surface area contributed by atoms with Crippen molar-refractivity contribution in [1.82, 2.24) is 19.8 Å². The van der Waals surface area contributed by atoms with E-state index in [1.807, 2.05) is 22.3 Å². The lowest BCUT2D eigenvalue weighted by Crippen LogP contribution is -2.57. The number of ether oxygens (including phenoxy) is 1. The molecule has 2 aromatic heterocycles. The molecule has 0 bridgehead atoms. The number of fused-ring (bicyclic) bond motifs is 2. The Morgan fingerprint density at radius 1 is 1.39 bits per heavy atom. The summed E-state index contributed by atoms with van der Waals surface area (Å²) in [5, 5.41) is 0. The molecule has 3 aliphatic rings. The third-order valence-corrected chi connectivity index (χ3v) is 8.58. The number of likely N-dealkylation sites (tertiary alicyclic amines) is 2. The van der Waals surface area contributed by atoms with Crippen LogP contribution in [0.25, 0.3) is 0 Å². The second kappa shape index (κ2) is 8.60. The monoisotopic (exact) mass is 440 g/mol. The van der Waals surface area contributed by atoms with Crippen LogP contribution in [-0.2, 0) is 34.4 Å². The summed E-state index contributed by atoms with van der Waals surface area (Å²) in [6.45, 7) is 9.33. The van der Waals surface area contributed by atoms with Gasteiger partial charge in [0.15, 0.2) is 0 Å². The fourth-order valence-corrected chi connectivity index (χ4v) is 6.63. The highest BCUT2D eigenvalue weighted by atomic mass is 32.1. The Labute approximate surface area is 188 Å². The van der Waals surface area contributed by atoms with Gasteiger partial charge < -0.3 is 14.5 Å². The smallest absolute Gasteiger partial charge is 0.228 e. The molecule has 7 heteroatoms. The van der Waals surface area contributed by atoms with Crippen LogP contribution in [0.4, 0.5) is 0 Å². The molecular weight excluding hydrogens is 408 g/mol. The number of rotatable bonds is 5. The topological polar surface area (TPSA) is 58.6 Å². The van der Waals surface area contributed by atoms with Crippen molar-refractivity contribution in [3.8, 4) is 0 Å². The van der Waals surface area contributed by atoms with Gasteiger partial charge >= 0.3 is 0 Å². The van der Waals surface area contributed by atoms with E-state index in [2.05, 4.69) is 34.8 Å². The molecule has 1 amide bonds. The van der Waals surface area contributed by atoms with E-state index in [0.717, 1.165) is 64.2 Å². The zero-order valence-electron chi connectivity index (χ0n) is 18.5. The minimum atomic E-state index is -0.0768. The molecule has 0 aromatic carbocycles. The maximum Gasteiger partial charge on any atom is 0.228 e. The van der Waals surface area contributed by atoms with E-state index in [0.29, 0.717) is 18.4 Å². The Morgan fingerprint density at radius 2 is 2.26 bits per heavy atom. The zero-order chi connectivity index (χ0) is 21.4. The van der Waals surface area contributed by atoms with Gasteiger partial charge in [-0.3, -0.25) is 4.79 Å². The van der Waals surface area contributed by atoms with Crippen molar-refractivity contribution < 1.29 is 9.53 Å². The summed E-state index contributed by atoms with van der Waals surface area (Å²) in [4.78, 5) is 28.2. The summed E-state index contributed by atoms with van der Waals surface area (Å²) in [6.07, 6.45) is 7.90. The lowest BCUT2D eigenvalue weighted by atomic mass is 9.79. The van der Waals surface area contributed by atoms with Crippen LogP contribution in [0.5, 0.6) is 0 Å². The largest absolute Gasteiger partial charge is 0.370 e. The molecule has 2 atom stereocenters. The fraction of sp³-hybridized carbons (Fsp3) is 0.625. The van der Waals surface area contributed by atoms with Crippen molar-refractivity contribution in [1.29, 1.82) is 0 Å². The predicted octanol–water partition coefficient (Wildman–Crippen LogP) is 3.05. The van der Waals surface area contributed by atoms with Crippen molar-refractivity contribution >= 4 is 17.2 Å². The number of thiophene rings is 1. The first-order valence-corrected chi connectivity index (χ1v) is 12.4. The van der Waals surface area contributed by atoms with Gasteiger partial charge in [-0.1, -0.05) is 6.92 Å². The molecule has 0 radical (unpaired) electrons. The number of piperidine rings is 1. The van der Waals surface area contributed by atoms with E-state index < -0.39 is 0 Å². The van der Waals surface area contributed by atoms with E-state index in [9.17, 15) is 4.79 Å². The number of aryl methyl sites for hydroxylation is 1. The molecule has 1 unspecified atom stereocenters. The van der Waals surface area contributed by atoms with Gasteiger partial charge in [-0.05, 0) is 43.9 Å². The minimum Gasteiger partial charge on any atom is -0.370 e. The van der Waals surface area contributed by atoms with Crippen molar-refractivity contribution in [2.75, 3.05) is 32.8 Å². The number of carbonyl (C=O) groups excluding carboxylic acids is 1. The molecule has 0 saturated carbocycles. The van der Waals surface area contributed by atoms with Crippen molar-refractivity contribution in [2.45, 2.75) is 57.6 Å². The molecule has 166 valence electrons. The van der Waals surface area contributed by atoms with Gasteiger partial charge in [0.1, 0.15) is 6.33 Å². The van der Waals surface area contributed by atoms with Crippen LogP contribution < -0.4 is 0 Å². The first-order chi connectivity index (χ1) is 15.1. The highest BCUT2D eigenvalue weighted by Gasteiger charge is 2.45. The molecule has 3 aliphatic heterocycles. The lowest BCUT2D eigenvalue weighted by molar-refractivity contribution is -0.139. The maximum atomic E-state index is 12.5. The quantitative estimate of drug-likeness (QED) is 0.715. The lowest BCUT2D eigenvalue weighted by Gasteiger charge is -2.49. The van der Waals surface area contributed by atoms with Crippen LogP contribution in [-0.4, -0.2) is 64.5 Å². The number of nitrogens with zero attached hydrogens (tertiary/aromatic N) is 4. The summed E-state index contributed by atoms with van der Waals surface area (Å²) in [5.41, 5.74) is 2.20. The fourth-order valence-electron chi connectivity index (χ4n) is 5.46. The van der Waals surface area contributed by atoms with E-state index in [1.165, 1.54) is 16.8 Å². The van der Waals surface area contributed by atoms with E-state index >= 15 is 0 Å². The molecule has 1 spiro atoms. The molecule has 5 heterocycles. The van der Waals surface area contributed by atoms with Crippen molar-refractivity contribution in [3.63, 3.8) is 0 Å². The second-order valence-electron chi connectivity index (χ2n) is 9.34. The Kier molecular flexibility index (Phi) is 5.84. The van der Waals surface area contributed by atoms with Crippen LogP contribution >= 0.6 is 11.3 Å². The summed E-state index contributed by atoms with van der Waals surface area (Å²) in [7, 11) is 0. The number of hydrogen-bond acceptors (Lipinski definition) is 6. The number of hydrogen-bond donors (Lipinski definition) is 0. The molecule has 0 N–H and O–H groups in total. The average Bonchev–Trinajstić information content (AvgIpc) is 3.18. The van der Waals surface area contributed by atoms with Gasteiger partial charge in [-0.2, -0.15) is 0 Å². The standard InChI is InChI=1S/C24H32N4O2S/c1-3-20-11-21-22(31-20)5-9-30-24(21)6-8-27(17(2)12-24)13-18-14-28(15-18)23(29)10-19-4-7-25-16-26-19/h4,7,11,16-18H,3,5-6,8-10,12-15H2,1-2H3/t17-,24?/m0/s1. The Bertz CT molecular complexity index is 927. The Morgan fingerprint density at radius 3 is 3.00 bits per heavy atom. The van der Waals surface area contributed by atoms with Gasteiger partial charge in [0.2, 0.25) is 5.91 Å². The summed E-state index contributed by atoms with van der Waals surface area (Å²) in [6, 6.07) is 4.74. The molecule has 31 heavy (non-hydrogen) atoms. The van der Waals surface area contributed by atoms with E-state index in [1.54, 1.807) is 11.1 Å². The number of carbonyl (C=O) groups is 1. The minimum absolute atomic E-state index is 0.0768.